The average molecular weight is 474 g/mol. The number of piperazine rings is 1. The Kier molecular flexibility index (Phi) is 5.69. The van der Waals surface area contributed by atoms with Gasteiger partial charge in [-0.2, -0.15) is 0 Å². The fourth-order valence-electron chi connectivity index (χ4n) is 3.90. The molecule has 2 N–H and O–H groups in total. The molecule has 1 saturated heterocycles. The summed E-state index contributed by atoms with van der Waals surface area (Å²) < 4.78 is 2.39. The molecule has 1 atom stereocenters. The first-order chi connectivity index (χ1) is 14.4. The maximum atomic E-state index is 12.3. The molecule has 1 aliphatic rings. The van der Waals surface area contributed by atoms with Crippen molar-refractivity contribution in [2.75, 3.05) is 31.1 Å². The van der Waals surface area contributed by atoms with E-state index in [-0.39, 0.29) is 6.54 Å². The summed E-state index contributed by atoms with van der Waals surface area (Å²) in [5.74, 6) is -1.32. The van der Waals surface area contributed by atoms with Gasteiger partial charge in [0, 0.05) is 61.2 Å². The summed E-state index contributed by atoms with van der Waals surface area (Å²) in [6.07, 6.45) is 5.03. The number of halogens is 1. The molecule has 0 bridgehead atoms. The first kappa shape index (κ1) is 20.3. The first-order valence-corrected chi connectivity index (χ1v) is 10.2. The number of hydrogen-bond acceptors (Lipinski definition) is 6. The number of nitrogens with zero attached hydrogens (tertiary/aromatic N) is 5. The molecule has 0 amide bonds. The van der Waals surface area contributed by atoms with E-state index in [1.54, 1.807) is 23.2 Å². The van der Waals surface area contributed by atoms with Crippen molar-refractivity contribution >= 4 is 44.7 Å². The second-order valence-electron chi connectivity index (χ2n) is 7.09. The minimum absolute atomic E-state index is 0.221. The molecule has 156 valence electrons. The maximum absolute atomic E-state index is 12.3. The second-order valence-corrected chi connectivity index (χ2v) is 8.00. The summed E-state index contributed by atoms with van der Waals surface area (Å²) in [7, 11) is 0. The highest BCUT2D eigenvalue weighted by Crippen LogP contribution is 2.31. The van der Waals surface area contributed by atoms with Crippen molar-refractivity contribution in [3.63, 3.8) is 0 Å². The lowest BCUT2D eigenvalue weighted by molar-refractivity contribution is -0.143. The molecule has 30 heavy (non-hydrogen) atoms. The third-order valence-electron chi connectivity index (χ3n) is 5.22. The van der Waals surface area contributed by atoms with Crippen LogP contribution in [0.5, 0.6) is 0 Å². The van der Waals surface area contributed by atoms with E-state index >= 15 is 0 Å². The fourth-order valence-corrected chi connectivity index (χ4v) is 4.11. The topological polar surface area (TPSA) is 112 Å². The van der Waals surface area contributed by atoms with Gasteiger partial charge in [-0.3, -0.25) is 14.5 Å². The molecule has 10 heteroatoms. The number of benzene rings is 1. The highest BCUT2D eigenvalue weighted by atomic mass is 79.9. The highest BCUT2D eigenvalue weighted by Gasteiger charge is 2.33. The van der Waals surface area contributed by atoms with Gasteiger partial charge in [-0.25, -0.2) is 9.97 Å². The van der Waals surface area contributed by atoms with Crippen LogP contribution in [-0.4, -0.2) is 67.8 Å². The number of anilines is 1. The van der Waals surface area contributed by atoms with Crippen LogP contribution < -0.4 is 4.90 Å². The van der Waals surface area contributed by atoms with E-state index in [0.717, 1.165) is 9.86 Å². The number of carboxylic acids is 2. The lowest BCUT2D eigenvalue weighted by Gasteiger charge is -2.37. The van der Waals surface area contributed by atoms with Gasteiger partial charge >= 0.3 is 11.9 Å². The van der Waals surface area contributed by atoms with Gasteiger partial charge in [0.1, 0.15) is 12.6 Å². The van der Waals surface area contributed by atoms with Gasteiger partial charge < -0.3 is 19.7 Å². The van der Waals surface area contributed by atoms with Crippen molar-refractivity contribution in [1.82, 2.24) is 19.4 Å². The van der Waals surface area contributed by atoms with Gasteiger partial charge in [0.2, 0.25) is 5.95 Å². The molecule has 1 aliphatic heterocycles. The maximum Gasteiger partial charge on any atom is 0.325 e. The third kappa shape index (κ3) is 4.01. The molecule has 0 aliphatic carbocycles. The van der Waals surface area contributed by atoms with Crippen LogP contribution in [0.15, 0.2) is 47.3 Å². The van der Waals surface area contributed by atoms with Gasteiger partial charge in [-0.1, -0.05) is 18.2 Å². The van der Waals surface area contributed by atoms with Crippen LogP contribution in [0.25, 0.3) is 10.9 Å². The lowest BCUT2D eigenvalue weighted by Crippen LogP contribution is -2.49. The predicted octanol–water partition coefficient (Wildman–Crippen LogP) is 2.23. The summed E-state index contributed by atoms with van der Waals surface area (Å²) in [6, 6.07) is 6.43. The molecule has 0 radical (unpaired) electrons. The zero-order valence-corrected chi connectivity index (χ0v) is 17.6. The summed E-state index contributed by atoms with van der Waals surface area (Å²) in [5.41, 5.74) is 1.32. The molecule has 2 aromatic heterocycles. The van der Waals surface area contributed by atoms with Gasteiger partial charge in [-0.15, -0.1) is 0 Å². The monoisotopic (exact) mass is 473 g/mol. The lowest BCUT2D eigenvalue weighted by atomic mass is 10.0. The van der Waals surface area contributed by atoms with Crippen LogP contribution >= 0.6 is 15.9 Å². The SMILES string of the molecule is O=C(O)Cn1cc([C@H](C(=O)O)N2CCN(c3ncc(Br)cn3)CC2)c2ccccc21. The smallest absolute Gasteiger partial charge is 0.325 e. The first-order valence-electron chi connectivity index (χ1n) is 9.43. The van der Waals surface area contributed by atoms with Crippen molar-refractivity contribution in [1.29, 1.82) is 0 Å². The van der Waals surface area contributed by atoms with Crippen molar-refractivity contribution in [3.05, 3.63) is 52.9 Å². The van der Waals surface area contributed by atoms with Crippen LogP contribution in [0.3, 0.4) is 0 Å². The third-order valence-corrected chi connectivity index (χ3v) is 5.63. The fraction of sp³-hybridized carbons (Fsp3) is 0.300. The molecule has 0 unspecified atom stereocenters. The standard InChI is InChI=1S/C20H20BrN5O4/c21-13-9-22-20(23-10-13)25-7-5-24(6-8-25)18(19(29)30)15-11-26(12-17(27)28)16-4-2-1-3-14(15)16/h1-4,9-11,18H,5-8,12H2,(H,27,28)(H,29,30)/t18-/m1/s1. The second kappa shape index (κ2) is 8.41. The molecule has 3 heterocycles. The van der Waals surface area contributed by atoms with E-state index in [0.29, 0.717) is 43.2 Å². The summed E-state index contributed by atoms with van der Waals surface area (Å²) in [6.45, 7) is 2.02. The largest absolute Gasteiger partial charge is 0.480 e. The molecule has 1 aromatic carbocycles. The van der Waals surface area contributed by atoms with E-state index in [9.17, 15) is 19.8 Å². The van der Waals surface area contributed by atoms with E-state index < -0.39 is 18.0 Å². The number of aromatic nitrogens is 3. The number of carbonyl (C=O) groups is 2. The molecule has 0 spiro atoms. The van der Waals surface area contributed by atoms with Crippen LogP contribution in [-0.2, 0) is 16.1 Å². The van der Waals surface area contributed by atoms with E-state index in [1.165, 1.54) is 0 Å². The van der Waals surface area contributed by atoms with Crippen molar-refractivity contribution in [3.8, 4) is 0 Å². The van der Waals surface area contributed by atoms with E-state index in [2.05, 4.69) is 25.9 Å². The van der Waals surface area contributed by atoms with Gasteiger partial charge in [0.05, 0.1) is 4.47 Å². The molecule has 3 aromatic rings. The summed E-state index contributed by atoms with van der Waals surface area (Å²) in [5, 5.41) is 20.0. The predicted molar refractivity (Wildman–Crippen MR) is 113 cm³/mol. The van der Waals surface area contributed by atoms with E-state index in [4.69, 9.17) is 0 Å². The van der Waals surface area contributed by atoms with Gasteiger partial charge in [-0.05, 0) is 22.0 Å². The van der Waals surface area contributed by atoms with Gasteiger partial charge in [0.15, 0.2) is 0 Å². The Bertz CT molecular complexity index is 1080. The average Bonchev–Trinajstić information content (AvgIpc) is 3.07. The summed E-state index contributed by atoms with van der Waals surface area (Å²) >= 11 is 3.32. The highest BCUT2D eigenvalue weighted by molar-refractivity contribution is 9.10. The van der Waals surface area contributed by atoms with Crippen molar-refractivity contribution < 1.29 is 19.8 Å². The molecule has 1 fully saturated rings. The Labute approximate surface area is 180 Å². The number of fused-ring (bicyclic) bond motifs is 1. The van der Waals surface area contributed by atoms with E-state index in [1.807, 2.05) is 34.1 Å². The number of aliphatic carboxylic acids is 2. The zero-order valence-electron chi connectivity index (χ0n) is 16.0. The van der Waals surface area contributed by atoms with Gasteiger partial charge in [0.25, 0.3) is 0 Å². The Morgan fingerprint density at radius 1 is 1.07 bits per heavy atom. The van der Waals surface area contributed by atoms with Crippen LogP contribution in [0, 0.1) is 0 Å². The Morgan fingerprint density at radius 3 is 2.37 bits per heavy atom. The number of carboxylic acid groups (broad SMARTS) is 2. The molecule has 9 nitrogen and oxygen atoms in total. The zero-order chi connectivity index (χ0) is 21.3. The molecular formula is C20H20BrN5O4. The Hall–Kier alpha value is -2.98. The normalized spacial score (nSPS) is 16.0. The number of hydrogen-bond donors (Lipinski definition) is 2. The number of rotatable bonds is 6. The van der Waals surface area contributed by atoms with Crippen LogP contribution in [0.1, 0.15) is 11.6 Å². The summed E-state index contributed by atoms with van der Waals surface area (Å²) in [4.78, 5) is 36.1. The van der Waals surface area contributed by atoms with Crippen molar-refractivity contribution in [2.24, 2.45) is 0 Å². The van der Waals surface area contributed by atoms with Crippen LogP contribution in [0.4, 0.5) is 5.95 Å². The Balaban J connectivity index is 1.60. The molecule has 0 saturated carbocycles. The molecular weight excluding hydrogens is 454 g/mol. The van der Waals surface area contributed by atoms with Crippen LogP contribution in [0.2, 0.25) is 0 Å². The minimum atomic E-state index is -0.975. The quantitative estimate of drug-likeness (QED) is 0.560. The molecule has 4 rings (SSSR count). The number of para-hydroxylation sites is 1. The minimum Gasteiger partial charge on any atom is -0.480 e. The Morgan fingerprint density at radius 2 is 1.73 bits per heavy atom. The van der Waals surface area contributed by atoms with Crippen molar-refractivity contribution in [2.45, 2.75) is 12.6 Å².